The van der Waals surface area contributed by atoms with Crippen molar-refractivity contribution in [3.63, 3.8) is 0 Å². The lowest BCUT2D eigenvalue weighted by atomic mass is 10.1. The molecule has 0 heterocycles. The Balaban J connectivity index is 1.46. The highest BCUT2D eigenvalue weighted by molar-refractivity contribution is 7.91. The minimum atomic E-state index is -3.64. The van der Waals surface area contributed by atoms with E-state index >= 15 is 0 Å². The highest BCUT2D eigenvalue weighted by Gasteiger charge is 2.19. The van der Waals surface area contributed by atoms with Crippen molar-refractivity contribution in [1.29, 1.82) is 0 Å². The molecule has 0 saturated heterocycles. The van der Waals surface area contributed by atoms with E-state index in [1.54, 1.807) is 42.5 Å². The van der Waals surface area contributed by atoms with E-state index in [1.807, 2.05) is 42.5 Å². The molecule has 0 spiro atoms. The number of halogens is 1. The molecule has 0 aliphatic rings. The van der Waals surface area contributed by atoms with Gasteiger partial charge in [0, 0.05) is 24.7 Å². The van der Waals surface area contributed by atoms with E-state index in [9.17, 15) is 13.5 Å². The fourth-order valence-corrected chi connectivity index (χ4v) is 5.66. The number of aliphatic hydroxyl groups is 1. The lowest BCUT2D eigenvalue weighted by Crippen LogP contribution is -2.30. The standard InChI is InChI=1S/C30H30ClNO4S/c1-36-27-11-6-12-29(20-27)37(34,35)28-15-13-23(14-16-28)17-18-32(21-24-7-3-2-4-8-24)22-30(33)25-9-5-10-26(31)19-25/h2-16,19-20,30,33H,17-18,21-22H2,1H3/t30-/m0/s1. The summed E-state index contributed by atoms with van der Waals surface area (Å²) in [5.74, 6) is 0.496. The first-order valence-corrected chi connectivity index (χ1v) is 13.9. The molecule has 4 rings (SSSR count). The fourth-order valence-electron chi connectivity index (χ4n) is 4.17. The average molecular weight is 536 g/mol. The summed E-state index contributed by atoms with van der Waals surface area (Å²) in [7, 11) is -2.14. The van der Waals surface area contributed by atoms with Gasteiger partial charge in [0.15, 0.2) is 0 Å². The Labute approximate surface area is 223 Å². The number of nitrogens with zero attached hydrogens (tertiary/aromatic N) is 1. The second-order valence-corrected chi connectivity index (χ2v) is 11.3. The number of sulfone groups is 1. The molecule has 0 radical (unpaired) electrons. The number of aliphatic hydroxyl groups excluding tert-OH is 1. The molecular formula is C30H30ClNO4S. The molecule has 192 valence electrons. The highest BCUT2D eigenvalue weighted by atomic mass is 35.5. The van der Waals surface area contributed by atoms with Crippen LogP contribution in [0.3, 0.4) is 0 Å². The maximum absolute atomic E-state index is 13.1. The molecule has 4 aromatic carbocycles. The summed E-state index contributed by atoms with van der Waals surface area (Å²) in [6, 6.07) is 30.9. The van der Waals surface area contributed by atoms with Crippen molar-refractivity contribution >= 4 is 21.4 Å². The third-order valence-corrected chi connectivity index (χ3v) is 8.22. The summed E-state index contributed by atoms with van der Waals surface area (Å²) in [6.07, 6.45) is 0.0204. The molecule has 0 aliphatic heterocycles. The number of hydrogen-bond donors (Lipinski definition) is 1. The molecule has 0 bridgehead atoms. The molecule has 0 saturated carbocycles. The maximum atomic E-state index is 13.1. The number of hydrogen-bond acceptors (Lipinski definition) is 5. The number of ether oxygens (including phenoxy) is 1. The van der Waals surface area contributed by atoms with E-state index in [4.69, 9.17) is 16.3 Å². The predicted octanol–water partition coefficient (Wildman–Crippen LogP) is 5.96. The van der Waals surface area contributed by atoms with Gasteiger partial charge in [0.1, 0.15) is 5.75 Å². The molecule has 1 atom stereocenters. The van der Waals surface area contributed by atoms with Gasteiger partial charge in [-0.05, 0) is 65.6 Å². The van der Waals surface area contributed by atoms with Crippen LogP contribution in [0.5, 0.6) is 5.75 Å². The summed E-state index contributed by atoms with van der Waals surface area (Å²) in [5, 5.41) is 11.5. The van der Waals surface area contributed by atoms with Crippen LogP contribution in [0.25, 0.3) is 0 Å². The van der Waals surface area contributed by atoms with Crippen LogP contribution in [-0.4, -0.2) is 38.6 Å². The van der Waals surface area contributed by atoms with Crippen LogP contribution in [0.4, 0.5) is 0 Å². The van der Waals surface area contributed by atoms with Crippen LogP contribution in [0.15, 0.2) is 113 Å². The minimum absolute atomic E-state index is 0.198. The van der Waals surface area contributed by atoms with Crippen molar-refractivity contribution in [3.05, 3.63) is 125 Å². The summed E-state index contributed by atoms with van der Waals surface area (Å²) < 4.78 is 31.3. The van der Waals surface area contributed by atoms with Gasteiger partial charge in [0.05, 0.1) is 23.0 Å². The molecule has 4 aromatic rings. The van der Waals surface area contributed by atoms with Crippen molar-refractivity contribution in [2.45, 2.75) is 28.9 Å². The summed E-state index contributed by atoms with van der Waals surface area (Å²) in [5.41, 5.74) is 2.94. The first-order valence-electron chi connectivity index (χ1n) is 12.0. The van der Waals surface area contributed by atoms with E-state index in [-0.39, 0.29) is 9.79 Å². The Hall–Kier alpha value is -3.16. The second kappa shape index (κ2) is 12.4. The van der Waals surface area contributed by atoms with Crippen LogP contribution in [0, 0.1) is 0 Å². The molecule has 0 aromatic heterocycles. The average Bonchev–Trinajstić information content (AvgIpc) is 2.92. The summed E-state index contributed by atoms with van der Waals surface area (Å²) in [6.45, 7) is 1.81. The fraction of sp³-hybridized carbons (Fsp3) is 0.200. The Morgan fingerprint density at radius 1 is 0.838 bits per heavy atom. The maximum Gasteiger partial charge on any atom is 0.206 e. The zero-order chi connectivity index (χ0) is 26.3. The molecule has 0 aliphatic carbocycles. The van der Waals surface area contributed by atoms with Crippen LogP contribution < -0.4 is 4.74 Å². The number of methoxy groups -OCH3 is 1. The lowest BCUT2D eigenvalue weighted by Gasteiger charge is -2.25. The molecule has 7 heteroatoms. The van der Waals surface area contributed by atoms with Crippen molar-refractivity contribution in [1.82, 2.24) is 4.90 Å². The van der Waals surface area contributed by atoms with E-state index in [0.717, 1.165) is 16.7 Å². The van der Waals surface area contributed by atoms with E-state index in [1.165, 1.54) is 13.2 Å². The molecule has 37 heavy (non-hydrogen) atoms. The third-order valence-electron chi connectivity index (χ3n) is 6.22. The van der Waals surface area contributed by atoms with Gasteiger partial charge >= 0.3 is 0 Å². The Morgan fingerprint density at radius 3 is 2.27 bits per heavy atom. The Bertz CT molecular complexity index is 1410. The van der Waals surface area contributed by atoms with Crippen LogP contribution in [-0.2, 0) is 22.8 Å². The molecule has 0 unspecified atom stereocenters. The van der Waals surface area contributed by atoms with E-state index < -0.39 is 15.9 Å². The largest absolute Gasteiger partial charge is 0.497 e. The van der Waals surface area contributed by atoms with Gasteiger partial charge in [-0.25, -0.2) is 8.42 Å². The van der Waals surface area contributed by atoms with Gasteiger partial charge in [-0.3, -0.25) is 4.90 Å². The molecule has 5 nitrogen and oxygen atoms in total. The van der Waals surface area contributed by atoms with Gasteiger partial charge in [-0.1, -0.05) is 72.3 Å². The van der Waals surface area contributed by atoms with Gasteiger partial charge in [-0.15, -0.1) is 0 Å². The molecular weight excluding hydrogens is 506 g/mol. The smallest absolute Gasteiger partial charge is 0.206 e. The Kier molecular flexibility index (Phi) is 9.00. The number of rotatable bonds is 11. The molecule has 0 amide bonds. The van der Waals surface area contributed by atoms with Gasteiger partial charge in [-0.2, -0.15) is 0 Å². The van der Waals surface area contributed by atoms with Crippen molar-refractivity contribution in [2.75, 3.05) is 20.2 Å². The monoisotopic (exact) mass is 535 g/mol. The predicted molar refractivity (Wildman–Crippen MR) is 147 cm³/mol. The van der Waals surface area contributed by atoms with Crippen molar-refractivity contribution < 1.29 is 18.3 Å². The van der Waals surface area contributed by atoms with Crippen molar-refractivity contribution in [2.24, 2.45) is 0 Å². The van der Waals surface area contributed by atoms with Crippen LogP contribution >= 0.6 is 11.6 Å². The van der Waals surface area contributed by atoms with Gasteiger partial charge in [0.2, 0.25) is 9.84 Å². The van der Waals surface area contributed by atoms with Crippen LogP contribution in [0.2, 0.25) is 5.02 Å². The normalized spacial score (nSPS) is 12.4. The van der Waals surface area contributed by atoms with Gasteiger partial charge < -0.3 is 9.84 Å². The zero-order valence-corrected chi connectivity index (χ0v) is 22.2. The first-order chi connectivity index (χ1) is 17.8. The van der Waals surface area contributed by atoms with Crippen LogP contribution in [0.1, 0.15) is 22.8 Å². The van der Waals surface area contributed by atoms with Crippen molar-refractivity contribution in [3.8, 4) is 5.75 Å². The second-order valence-electron chi connectivity index (χ2n) is 8.87. The molecule has 1 N–H and O–H groups in total. The Morgan fingerprint density at radius 2 is 1.57 bits per heavy atom. The quantitative estimate of drug-likeness (QED) is 0.257. The number of benzene rings is 4. The van der Waals surface area contributed by atoms with Gasteiger partial charge in [0.25, 0.3) is 0 Å². The topological polar surface area (TPSA) is 66.8 Å². The third kappa shape index (κ3) is 7.21. The highest BCUT2D eigenvalue weighted by Crippen LogP contribution is 2.25. The zero-order valence-electron chi connectivity index (χ0n) is 20.6. The lowest BCUT2D eigenvalue weighted by molar-refractivity contribution is 0.109. The van der Waals surface area contributed by atoms with E-state index in [0.29, 0.717) is 36.8 Å². The summed E-state index contributed by atoms with van der Waals surface area (Å²) in [4.78, 5) is 2.63. The molecule has 0 fully saturated rings. The SMILES string of the molecule is COc1cccc(S(=O)(=O)c2ccc(CCN(Cc3ccccc3)C[C@H](O)c3cccc(Cl)c3)cc2)c1. The first kappa shape index (κ1) is 26.9. The van der Waals surface area contributed by atoms with E-state index in [2.05, 4.69) is 17.0 Å². The summed E-state index contributed by atoms with van der Waals surface area (Å²) >= 11 is 6.12. The minimum Gasteiger partial charge on any atom is -0.497 e.